The second-order valence-electron chi connectivity index (χ2n) is 21.6. The molecule has 6 nitrogen and oxygen atoms in total. The zero-order valence-electron chi connectivity index (χ0n) is 50.3. The van der Waals surface area contributed by atoms with Gasteiger partial charge in [-0.05, 0) is 96.3 Å². The number of hydrogen-bond donors (Lipinski definition) is 0. The summed E-state index contributed by atoms with van der Waals surface area (Å²) < 4.78 is 16.9. The second-order valence-corrected chi connectivity index (χ2v) is 21.6. The molecule has 0 aliphatic heterocycles. The van der Waals surface area contributed by atoms with Gasteiger partial charge in [0.25, 0.3) is 0 Å². The van der Waals surface area contributed by atoms with E-state index in [1.54, 1.807) is 0 Å². The van der Waals surface area contributed by atoms with E-state index in [9.17, 15) is 14.4 Å². The summed E-state index contributed by atoms with van der Waals surface area (Å²) in [4.78, 5) is 38.4. The largest absolute Gasteiger partial charge is 0.462 e. The molecular weight excluding hydrogens is 937 g/mol. The molecule has 0 saturated heterocycles. The molecule has 0 N–H and O–H groups in total. The Morgan fingerprint density at radius 3 is 0.842 bits per heavy atom. The lowest BCUT2D eigenvalue weighted by atomic mass is 10.0. The standard InChI is InChI=1S/C70H122O6/c1-4-7-10-13-16-19-22-25-28-31-34-37-39-42-45-48-51-54-57-60-63-69(72)75-66-67(76-70(73)64-61-58-55-52-49-46-43-40-36-33-30-27-24-21-18-15-12-9-6-3)65-74-68(71)62-59-56-53-50-47-44-41-38-35-32-29-26-23-20-17-14-11-8-5-2/h9,12,17-18,20-21,26-27,29-30,36,40,46,49,67H,4-8,10-11,13-16,19,22-25,28,31-35,37-39,41-45,47-48,50-66H2,1-3H3/b12-9-,20-17-,21-18-,29-26-,30-27-,40-36-,49-46-. The Kier molecular flexibility index (Phi) is 61.2. The highest BCUT2D eigenvalue weighted by Crippen LogP contribution is 2.17. The molecule has 0 amide bonds. The molecule has 0 bridgehead atoms. The number of rotatable bonds is 59. The molecule has 0 radical (unpaired) electrons. The van der Waals surface area contributed by atoms with Crippen molar-refractivity contribution in [1.82, 2.24) is 0 Å². The fourth-order valence-corrected chi connectivity index (χ4v) is 9.27. The van der Waals surface area contributed by atoms with Gasteiger partial charge in [0.2, 0.25) is 0 Å². The van der Waals surface area contributed by atoms with Gasteiger partial charge in [0.1, 0.15) is 13.2 Å². The summed E-state index contributed by atoms with van der Waals surface area (Å²) in [7, 11) is 0. The molecule has 438 valence electrons. The number of ether oxygens (including phenoxy) is 3. The van der Waals surface area contributed by atoms with E-state index in [-0.39, 0.29) is 37.5 Å². The van der Waals surface area contributed by atoms with E-state index < -0.39 is 6.10 Å². The highest BCUT2D eigenvalue weighted by molar-refractivity contribution is 5.71. The maximum Gasteiger partial charge on any atom is 0.306 e. The molecule has 1 unspecified atom stereocenters. The molecule has 76 heavy (non-hydrogen) atoms. The van der Waals surface area contributed by atoms with Crippen LogP contribution in [0.3, 0.4) is 0 Å². The van der Waals surface area contributed by atoms with Gasteiger partial charge in [0.15, 0.2) is 6.10 Å². The van der Waals surface area contributed by atoms with E-state index >= 15 is 0 Å². The maximum atomic E-state index is 12.9. The minimum atomic E-state index is -0.796. The predicted octanol–water partition coefficient (Wildman–Crippen LogP) is 22.3. The number of hydrogen-bond acceptors (Lipinski definition) is 6. The first-order chi connectivity index (χ1) is 37.5. The van der Waals surface area contributed by atoms with Gasteiger partial charge in [-0.1, -0.05) is 292 Å². The number of esters is 3. The minimum absolute atomic E-state index is 0.0886. The van der Waals surface area contributed by atoms with Gasteiger partial charge in [-0.2, -0.15) is 0 Å². The first kappa shape index (κ1) is 72.6. The highest BCUT2D eigenvalue weighted by Gasteiger charge is 2.19. The summed E-state index contributed by atoms with van der Waals surface area (Å²) in [6.07, 6.45) is 84.4. The smallest absolute Gasteiger partial charge is 0.306 e. The first-order valence-electron chi connectivity index (χ1n) is 32.6. The molecular formula is C70H122O6. The monoisotopic (exact) mass is 1060 g/mol. The van der Waals surface area contributed by atoms with Gasteiger partial charge < -0.3 is 14.2 Å². The van der Waals surface area contributed by atoms with Crippen molar-refractivity contribution < 1.29 is 28.6 Å². The maximum absolute atomic E-state index is 12.9. The molecule has 0 aromatic carbocycles. The van der Waals surface area contributed by atoms with Crippen LogP contribution in [0.2, 0.25) is 0 Å². The van der Waals surface area contributed by atoms with Crippen LogP contribution in [-0.4, -0.2) is 37.2 Å². The van der Waals surface area contributed by atoms with Gasteiger partial charge in [0.05, 0.1) is 0 Å². The molecule has 0 aliphatic carbocycles. The lowest BCUT2D eigenvalue weighted by Gasteiger charge is -2.18. The van der Waals surface area contributed by atoms with Crippen molar-refractivity contribution >= 4 is 17.9 Å². The summed E-state index contributed by atoms with van der Waals surface area (Å²) >= 11 is 0. The van der Waals surface area contributed by atoms with Crippen LogP contribution in [0.1, 0.15) is 323 Å². The van der Waals surface area contributed by atoms with Gasteiger partial charge in [0, 0.05) is 19.3 Å². The Balaban J connectivity index is 4.42. The second kappa shape index (κ2) is 64.1. The summed E-state index contributed by atoms with van der Waals surface area (Å²) in [5.74, 6) is -0.910. The van der Waals surface area contributed by atoms with Crippen molar-refractivity contribution in [1.29, 1.82) is 0 Å². The summed E-state index contributed by atoms with van der Waals surface area (Å²) in [5.41, 5.74) is 0. The topological polar surface area (TPSA) is 78.9 Å². The van der Waals surface area contributed by atoms with Crippen LogP contribution in [0, 0.1) is 0 Å². The third kappa shape index (κ3) is 61.4. The van der Waals surface area contributed by atoms with E-state index in [0.29, 0.717) is 12.8 Å². The van der Waals surface area contributed by atoms with Gasteiger partial charge in [-0.15, -0.1) is 0 Å². The third-order valence-electron chi connectivity index (χ3n) is 14.1. The van der Waals surface area contributed by atoms with Crippen molar-refractivity contribution in [3.63, 3.8) is 0 Å². The van der Waals surface area contributed by atoms with Crippen molar-refractivity contribution in [3.05, 3.63) is 85.1 Å². The quantitative estimate of drug-likeness (QED) is 0.0261. The minimum Gasteiger partial charge on any atom is -0.462 e. The Morgan fingerprint density at radius 2 is 0.513 bits per heavy atom. The Bertz CT molecular complexity index is 1450. The average molecular weight is 1060 g/mol. The number of carbonyl (C=O) groups excluding carboxylic acids is 3. The van der Waals surface area contributed by atoms with Gasteiger partial charge in [-0.3, -0.25) is 14.4 Å². The molecule has 0 rings (SSSR count). The van der Waals surface area contributed by atoms with E-state index in [4.69, 9.17) is 14.2 Å². The molecule has 1 atom stereocenters. The molecule has 0 spiro atoms. The zero-order valence-corrected chi connectivity index (χ0v) is 50.3. The van der Waals surface area contributed by atoms with Crippen LogP contribution in [0.5, 0.6) is 0 Å². The summed E-state index contributed by atoms with van der Waals surface area (Å²) in [6, 6.07) is 0. The normalized spacial score (nSPS) is 12.6. The summed E-state index contributed by atoms with van der Waals surface area (Å²) in [5, 5.41) is 0. The summed E-state index contributed by atoms with van der Waals surface area (Å²) in [6.45, 7) is 6.52. The number of carbonyl (C=O) groups is 3. The average Bonchev–Trinajstić information content (AvgIpc) is 3.42. The van der Waals surface area contributed by atoms with Crippen LogP contribution in [0.25, 0.3) is 0 Å². The van der Waals surface area contributed by atoms with Crippen molar-refractivity contribution in [2.24, 2.45) is 0 Å². The van der Waals surface area contributed by atoms with Crippen LogP contribution in [0.15, 0.2) is 85.1 Å². The molecule has 0 heterocycles. The van der Waals surface area contributed by atoms with Crippen molar-refractivity contribution in [2.45, 2.75) is 329 Å². The molecule has 0 fully saturated rings. The first-order valence-corrected chi connectivity index (χ1v) is 32.6. The van der Waals surface area contributed by atoms with Crippen LogP contribution >= 0.6 is 0 Å². The lowest BCUT2D eigenvalue weighted by molar-refractivity contribution is -0.167. The SMILES string of the molecule is CC/C=C\C/C=C\C/C=C\C/C=C\C/C=C\CCCCCC(=O)OC(COC(=O)CCCCCCCCCCC/C=C\C/C=C\CCCCC)COC(=O)CCCCCCCCCCCCCCCCCCCCCC. The van der Waals surface area contributed by atoms with Crippen LogP contribution in [0.4, 0.5) is 0 Å². The van der Waals surface area contributed by atoms with Crippen LogP contribution in [-0.2, 0) is 28.6 Å². The zero-order chi connectivity index (χ0) is 55.0. The Labute approximate surface area is 471 Å². The molecule has 0 aliphatic rings. The van der Waals surface area contributed by atoms with Gasteiger partial charge in [-0.25, -0.2) is 0 Å². The predicted molar refractivity (Wildman–Crippen MR) is 330 cm³/mol. The highest BCUT2D eigenvalue weighted by atomic mass is 16.6. The van der Waals surface area contributed by atoms with E-state index in [1.165, 1.54) is 180 Å². The van der Waals surface area contributed by atoms with Crippen LogP contribution < -0.4 is 0 Å². The molecule has 0 aromatic rings. The molecule has 6 heteroatoms. The Morgan fingerprint density at radius 1 is 0.276 bits per heavy atom. The van der Waals surface area contributed by atoms with Crippen molar-refractivity contribution in [2.75, 3.05) is 13.2 Å². The van der Waals surface area contributed by atoms with E-state index in [0.717, 1.165) is 103 Å². The lowest BCUT2D eigenvalue weighted by Crippen LogP contribution is -2.30. The van der Waals surface area contributed by atoms with Gasteiger partial charge >= 0.3 is 17.9 Å². The Hall–Kier alpha value is -3.41. The number of unbranched alkanes of at least 4 members (excludes halogenated alkanes) is 34. The fraction of sp³-hybridized carbons (Fsp3) is 0.757. The van der Waals surface area contributed by atoms with Crippen molar-refractivity contribution in [3.8, 4) is 0 Å². The molecule has 0 aromatic heterocycles. The fourth-order valence-electron chi connectivity index (χ4n) is 9.27. The number of allylic oxidation sites excluding steroid dienone is 14. The third-order valence-corrected chi connectivity index (χ3v) is 14.1. The molecule has 0 saturated carbocycles. The van der Waals surface area contributed by atoms with E-state index in [2.05, 4.69) is 106 Å². The van der Waals surface area contributed by atoms with E-state index in [1.807, 2.05) is 0 Å².